The highest BCUT2D eigenvalue weighted by Crippen LogP contribution is 2.25. The molecule has 1 aliphatic rings. The Balaban J connectivity index is 0.000000399. The summed E-state index contributed by atoms with van der Waals surface area (Å²) in [5, 5.41) is 16.7. The molecule has 0 spiro atoms. The highest BCUT2D eigenvalue weighted by atomic mass is 16.4. The zero-order valence-corrected chi connectivity index (χ0v) is 11.8. The van der Waals surface area contributed by atoms with Crippen LogP contribution in [0.2, 0.25) is 0 Å². The Bertz CT molecular complexity index is 349. The van der Waals surface area contributed by atoms with Crippen LogP contribution in [0.4, 0.5) is 0 Å². The van der Waals surface area contributed by atoms with E-state index in [1.165, 1.54) is 32.1 Å². The molecule has 0 aromatic rings. The molecule has 2 N–H and O–H groups in total. The lowest BCUT2D eigenvalue weighted by molar-refractivity contribution is -0.133. The zero-order valence-electron chi connectivity index (χ0n) is 11.8. The molecule has 4 heteroatoms. The predicted octanol–water partition coefficient (Wildman–Crippen LogP) is 3.63. The molecule has 19 heavy (non-hydrogen) atoms. The summed E-state index contributed by atoms with van der Waals surface area (Å²) in [5.74, 6) is -1.15. The number of allylic oxidation sites excluding steroid dienone is 1. The van der Waals surface area contributed by atoms with Crippen molar-refractivity contribution < 1.29 is 19.8 Å². The van der Waals surface area contributed by atoms with Crippen LogP contribution in [-0.4, -0.2) is 22.2 Å². The Morgan fingerprint density at radius 3 is 2.00 bits per heavy atom. The van der Waals surface area contributed by atoms with Gasteiger partial charge in [0.2, 0.25) is 0 Å². The SMILES string of the molecule is C=C(CC)C(=O)O.CC(=CC1CCCCC1)C(=O)O. The minimum Gasteiger partial charge on any atom is -0.478 e. The van der Waals surface area contributed by atoms with Gasteiger partial charge in [-0.25, -0.2) is 9.59 Å². The highest BCUT2D eigenvalue weighted by Gasteiger charge is 2.12. The molecule has 0 heterocycles. The summed E-state index contributed by atoms with van der Waals surface area (Å²) in [5.41, 5.74) is 0.766. The topological polar surface area (TPSA) is 74.6 Å². The molecule has 1 saturated carbocycles. The van der Waals surface area contributed by atoms with Crippen molar-refractivity contribution in [3.05, 3.63) is 23.8 Å². The maximum Gasteiger partial charge on any atom is 0.330 e. The van der Waals surface area contributed by atoms with Crippen molar-refractivity contribution in [3.8, 4) is 0 Å². The van der Waals surface area contributed by atoms with Gasteiger partial charge in [0.15, 0.2) is 0 Å². The van der Waals surface area contributed by atoms with Gasteiger partial charge < -0.3 is 10.2 Å². The Labute approximate surface area is 114 Å². The minimum atomic E-state index is -0.900. The second-order valence-electron chi connectivity index (χ2n) is 4.82. The van der Waals surface area contributed by atoms with Crippen molar-refractivity contribution in [3.63, 3.8) is 0 Å². The van der Waals surface area contributed by atoms with E-state index >= 15 is 0 Å². The van der Waals surface area contributed by atoms with Crippen molar-refractivity contribution in [2.24, 2.45) is 5.92 Å². The summed E-state index contributed by atoms with van der Waals surface area (Å²) in [6, 6.07) is 0. The molecule has 0 amide bonds. The van der Waals surface area contributed by atoms with Crippen molar-refractivity contribution in [2.45, 2.75) is 52.4 Å². The quantitative estimate of drug-likeness (QED) is 0.763. The third-order valence-electron chi connectivity index (χ3n) is 3.20. The van der Waals surface area contributed by atoms with E-state index in [9.17, 15) is 9.59 Å². The van der Waals surface area contributed by atoms with Gasteiger partial charge in [-0.1, -0.05) is 38.8 Å². The van der Waals surface area contributed by atoms with Crippen LogP contribution in [0.1, 0.15) is 52.4 Å². The number of hydrogen-bond acceptors (Lipinski definition) is 2. The van der Waals surface area contributed by atoms with Crippen LogP contribution >= 0.6 is 0 Å². The number of carbonyl (C=O) groups is 2. The molecule has 0 bridgehead atoms. The van der Waals surface area contributed by atoms with Crippen molar-refractivity contribution in [2.75, 3.05) is 0 Å². The maximum atomic E-state index is 10.5. The van der Waals surface area contributed by atoms with Crippen LogP contribution in [0, 0.1) is 5.92 Å². The summed E-state index contributed by atoms with van der Waals surface area (Å²) < 4.78 is 0. The van der Waals surface area contributed by atoms with E-state index in [2.05, 4.69) is 6.58 Å². The molecule has 108 valence electrons. The van der Waals surface area contributed by atoms with Gasteiger partial charge >= 0.3 is 11.9 Å². The van der Waals surface area contributed by atoms with Crippen LogP contribution in [-0.2, 0) is 9.59 Å². The highest BCUT2D eigenvalue weighted by molar-refractivity contribution is 5.86. The lowest BCUT2D eigenvalue weighted by Crippen LogP contribution is -2.06. The first-order valence-corrected chi connectivity index (χ1v) is 6.71. The summed E-state index contributed by atoms with van der Waals surface area (Å²) >= 11 is 0. The van der Waals surface area contributed by atoms with Gasteiger partial charge in [-0.05, 0) is 32.1 Å². The van der Waals surface area contributed by atoms with Gasteiger partial charge in [-0.3, -0.25) is 0 Å². The first-order valence-electron chi connectivity index (χ1n) is 6.71. The van der Waals surface area contributed by atoms with E-state index in [1.807, 2.05) is 6.08 Å². The normalized spacial score (nSPS) is 16.2. The van der Waals surface area contributed by atoms with E-state index in [0.29, 0.717) is 17.9 Å². The van der Waals surface area contributed by atoms with Crippen molar-refractivity contribution in [1.82, 2.24) is 0 Å². The maximum absolute atomic E-state index is 10.5. The molecule has 0 aromatic carbocycles. The minimum absolute atomic E-state index is 0.264. The molecular weight excluding hydrogens is 244 g/mol. The van der Waals surface area contributed by atoms with Gasteiger partial charge in [-0.15, -0.1) is 0 Å². The fraction of sp³-hybridized carbons (Fsp3) is 0.600. The van der Waals surface area contributed by atoms with E-state index in [-0.39, 0.29) is 5.57 Å². The average molecular weight is 268 g/mol. The van der Waals surface area contributed by atoms with Crippen LogP contribution < -0.4 is 0 Å². The number of aliphatic carboxylic acids is 2. The summed E-state index contributed by atoms with van der Waals surface area (Å²) in [4.78, 5) is 20.3. The van der Waals surface area contributed by atoms with Gasteiger partial charge in [0.05, 0.1) is 0 Å². The van der Waals surface area contributed by atoms with E-state index < -0.39 is 11.9 Å². The first kappa shape index (κ1) is 17.4. The first-order chi connectivity index (χ1) is 8.88. The Hall–Kier alpha value is -1.58. The van der Waals surface area contributed by atoms with Gasteiger partial charge in [-0.2, -0.15) is 0 Å². The summed E-state index contributed by atoms with van der Waals surface area (Å²) in [6.07, 6.45) is 8.62. The van der Waals surface area contributed by atoms with Gasteiger partial charge in [0.1, 0.15) is 0 Å². The zero-order chi connectivity index (χ0) is 14.8. The molecule has 1 rings (SSSR count). The van der Waals surface area contributed by atoms with Crippen LogP contribution in [0.3, 0.4) is 0 Å². The summed E-state index contributed by atoms with van der Waals surface area (Å²) in [7, 11) is 0. The third-order valence-corrected chi connectivity index (χ3v) is 3.20. The Morgan fingerprint density at radius 2 is 1.68 bits per heavy atom. The Morgan fingerprint density at radius 1 is 1.16 bits per heavy atom. The lowest BCUT2D eigenvalue weighted by Gasteiger charge is -2.18. The molecule has 0 aromatic heterocycles. The molecule has 0 aliphatic heterocycles. The molecule has 0 atom stereocenters. The largest absolute Gasteiger partial charge is 0.478 e. The van der Waals surface area contributed by atoms with Crippen molar-refractivity contribution in [1.29, 1.82) is 0 Å². The molecule has 1 aliphatic carbocycles. The molecule has 0 radical (unpaired) electrons. The Kier molecular flexibility index (Phi) is 8.58. The number of hydrogen-bond donors (Lipinski definition) is 2. The molecule has 0 saturated heterocycles. The monoisotopic (exact) mass is 268 g/mol. The average Bonchev–Trinajstić information content (AvgIpc) is 2.39. The van der Waals surface area contributed by atoms with Crippen LogP contribution in [0.15, 0.2) is 23.8 Å². The standard InChI is InChI=1S/C10H16O2.C5H8O2/c1-8(10(11)12)7-9-5-3-2-4-6-9;1-3-4(2)5(6)7/h7,9H,2-6H2,1H3,(H,11,12);2-3H2,1H3,(H,6,7). The molecule has 0 unspecified atom stereocenters. The second-order valence-corrected chi connectivity index (χ2v) is 4.82. The third kappa shape index (κ3) is 8.19. The van der Waals surface area contributed by atoms with Gasteiger partial charge in [0.25, 0.3) is 0 Å². The lowest BCUT2D eigenvalue weighted by atomic mass is 9.88. The van der Waals surface area contributed by atoms with Crippen LogP contribution in [0.25, 0.3) is 0 Å². The molecular formula is C15H24O4. The fourth-order valence-corrected chi connectivity index (χ4v) is 1.88. The smallest absolute Gasteiger partial charge is 0.330 e. The van der Waals surface area contributed by atoms with Crippen LogP contribution in [0.5, 0.6) is 0 Å². The van der Waals surface area contributed by atoms with Crippen molar-refractivity contribution >= 4 is 11.9 Å². The fourth-order valence-electron chi connectivity index (χ4n) is 1.88. The second kappa shape index (κ2) is 9.36. The number of carboxylic acid groups (broad SMARTS) is 2. The summed E-state index contributed by atoms with van der Waals surface area (Å²) in [6.45, 7) is 6.71. The molecule has 4 nitrogen and oxygen atoms in total. The van der Waals surface area contributed by atoms with Gasteiger partial charge in [0, 0.05) is 11.1 Å². The van der Waals surface area contributed by atoms with E-state index in [0.717, 1.165) is 0 Å². The predicted molar refractivity (Wildman–Crippen MR) is 75.0 cm³/mol. The van der Waals surface area contributed by atoms with E-state index in [1.54, 1.807) is 13.8 Å². The van der Waals surface area contributed by atoms with E-state index in [4.69, 9.17) is 10.2 Å². The molecule has 1 fully saturated rings. The number of carboxylic acids is 2. The number of rotatable bonds is 4.